The number of carbonyl (C=O) groups excluding carboxylic acids is 1. The van der Waals surface area contributed by atoms with E-state index in [1.165, 1.54) is 18.4 Å². The van der Waals surface area contributed by atoms with Crippen LogP contribution in [-0.4, -0.2) is 41.1 Å². The van der Waals surface area contributed by atoms with Crippen LogP contribution in [-0.2, 0) is 16.2 Å². The Balaban J connectivity index is 1.31. The fraction of sp³-hybridized carbons (Fsp3) is 0.529. The first kappa shape index (κ1) is 13.7. The maximum Gasteiger partial charge on any atom is 0.249 e. The normalized spacial score (nSPS) is 23.6. The van der Waals surface area contributed by atoms with Gasteiger partial charge in [0.15, 0.2) is 0 Å². The molecule has 4 rings (SSSR count). The van der Waals surface area contributed by atoms with E-state index in [4.69, 9.17) is 10.1 Å². The second kappa shape index (κ2) is 5.08. The lowest BCUT2D eigenvalue weighted by Gasteiger charge is -2.46. The zero-order valence-electron chi connectivity index (χ0n) is 12.5. The van der Waals surface area contributed by atoms with Crippen molar-refractivity contribution in [3.05, 3.63) is 35.4 Å². The van der Waals surface area contributed by atoms with Crippen molar-refractivity contribution in [2.24, 2.45) is 5.92 Å². The van der Waals surface area contributed by atoms with Crippen LogP contribution in [0.15, 0.2) is 24.3 Å². The summed E-state index contributed by atoms with van der Waals surface area (Å²) in [5.41, 5.74) is 1.59. The van der Waals surface area contributed by atoms with Gasteiger partial charge in [0.25, 0.3) is 0 Å². The minimum Gasteiger partial charge on any atom is -0.293 e. The Bertz CT molecular complexity index is 624. The predicted molar refractivity (Wildman–Crippen MR) is 79.3 cm³/mol. The van der Waals surface area contributed by atoms with E-state index in [2.05, 4.69) is 11.0 Å². The van der Waals surface area contributed by atoms with Crippen molar-refractivity contribution >= 4 is 5.91 Å². The van der Waals surface area contributed by atoms with Gasteiger partial charge in [-0.15, -0.1) is 0 Å². The topological polar surface area (TPSA) is 56.6 Å². The van der Waals surface area contributed by atoms with E-state index < -0.39 is 0 Å². The van der Waals surface area contributed by atoms with Crippen LogP contribution in [0.2, 0.25) is 0 Å². The van der Waals surface area contributed by atoms with Gasteiger partial charge in [-0.1, -0.05) is 12.1 Å². The van der Waals surface area contributed by atoms with E-state index in [0.29, 0.717) is 17.9 Å². The molecule has 1 amide bonds. The molecular formula is C17H19N3O2. The smallest absolute Gasteiger partial charge is 0.249 e. The molecule has 114 valence electrons. The van der Waals surface area contributed by atoms with E-state index in [0.717, 1.165) is 26.2 Å². The lowest BCUT2D eigenvalue weighted by molar-refractivity contribution is -0.238. The number of carbonyl (C=O) groups is 1. The van der Waals surface area contributed by atoms with Gasteiger partial charge >= 0.3 is 0 Å². The molecule has 0 aromatic heterocycles. The molecule has 2 heterocycles. The fourth-order valence-electron chi connectivity index (χ4n) is 3.35. The molecule has 22 heavy (non-hydrogen) atoms. The molecule has 1 aromatic rings. The number of likely N-dealkylation sites (tertiary alicyclic amines) is 1. The van der Waals surface area contributed by atoms with E-state index in [1.54, 1.807) is 5.06 Å². The molecule has 3 fully saturated rings. The highest BCUT2D eigenvalue weighted by molar-refractivity contribution is 5.78. The van der Waals surface area contributed by atoms with Gasteiger partial charge in [-0.05, 0) is 36.5 Å². The number of amides is 1. The maximum absolute atomic E-state index is 12.0. The lowest BCUT2D eigenvalue weighted by Crippen LogP contribution is -2.61. The molecule has 0 N–H and O–H groups in total. The molecule has 0 radical (unpaired) electrons. The van der Waals surface area contributed by atoms with Crippen molar-refractivity contribution in [2.75, 3.05) is 19.6 Å². The van der Waals surface area contributed by atoms with Gasteiger partial charge in [-0.3, -0.25) is 14.5 Å². The van der Waals surface area contributed by atoms with Crippen molar-refractivity contribution < 1.29 is 9.63 Å². The van der Waals surface area contributed by atoms with E-state index in [-0.39, 0.29) is 11.5 Å². The molecule has 1 saturated carbocycles. The van der Waals surface area contributed by atoms with Crippen molar-refractivity contribution in [3.8, 4) is 6.07 Å². The minimum absolute atomic E-state index is 0.143. The third kappa shape index (κ3) is 2.60. The second-order valence-corrected chi connectivity index (χ2v) is 6.80. The van der Waals surface area contributed by atoms with Gasteiger partial charge in [0.1, 0.15) is 5.60 Å². The summed E-state index contributed by atoms with van der Waals surface area (Å²) in [6.07, 6.45) is 2.97. The number of rotatable bonds is 4. The minimum atomic E-state index is -0.279. The Morgan fingerprint density at radius 1 is 1.27 bits per heavy atom. The van der Waals surface area contributed by atoms with Crippen LogP contribution >= 0.6 is 0 Å². The molecule has 2 saturated heterocycles. The largest absolute Gasteiger partial charge is 0.293 e. The Labute approximate surface area is 130 Å². The summed E-state index contributed by atoms with van der Waals surface area (Å²) in [6, 6.07) is 9.80. The zero-order valence-corrected chi connectivity index (χ0v) is 12.5. The average Bonchev–Trinajstić information content (AvgIpc) is 3.23. The number of nitrogens with zero attached hydrogens (tertiary/aromatic N) is 3. The fourth-order valence-corrected chi connectivity index (χ4v) is 3.35. The molecule has 5 nitrogen and oxygen atoms in total. The van der Waals surface area contributed by atoms with Crippen molar-refractivity contribution in [2.45, 2.75) is 31.4 Å². The van der Waals surface area contributed by atoms with E-state index in [9.17, 15) is 4.79 Å². The molecule has 0 atom stereocenters. The summed E-state index contributed by atoms with van der Waals surface area (Å²) in [4.78, 5) is 20.3. The zero-order chi connectivity index (χ0) is 15.2. The Morgan fingerprint density at radius 2 is 2.00 bits per heavy atom. The summed E-state index contributed by atoms with van der Waals surface area (Å²) in [6.45, 7) is 3.23. The van der Waals surface area contributed by atoms with Crippen molar-refractivity contribution in [1.82, 2.24) is 9.96 Å². The quantitative estimate of drug-likeness (QED) is 0.848. The molecule has 2 aliphatic heterocycles. The first-order valence-corrected chi connectivity index (χ1v) is 7.87. The number of hydrogen-bond acceptors (Lipinski definition) is 4. The number of nitriles is 1. The monoisotopic (exact) mass is 297 g/mol. The van der Waals surface area contributed by atoms with Crippen LogP contribution in [0.1, 0.15) is 30.4 Å². The van der Waals surface area contributed by atoms with Gasteiger partial charge in [0.2, 0.25) is 5.91 Å². The van der Waals surface area contributed by atoms with Crippen LogP contribution in [0, 0.1) is 17.2 Å². The molecule has 1 aliphatic carbocycles. The van der Waals surface area contributed by atoms with E-state index >= 15 is 0 Å². The highest BCUT2D eigenvalue weighted by Gasteiger charge is 2.53. The predicted octanol–water partition coefficient (Wildman–Crippen LogP) is 1.69. The van der Waals surface area contributed by atoms with Gasteiger partial charge in [-0.2, -0.15) is 5.26 Å². The highest BCUT2D eigenvalue weighted by atomic mass is 16.7. The summed E-state index contributed by atoms with van der Waals surface area (Å²) in [5.74, 6) is 0.804. The summed E-state index contributed by atoms with van der Waals surface area (Å²) in [7, 11) is 0. The summed E-state index contributed by atoms with van der Waals surface area (Å²) in [5, 5.41) is 10.4. The SMILES string of the molecule is N#Cc1ccc(CN2CC3(CC(=O)N(CC4CC4)O3)C2)cc1. The molecule has 1 aromatic carbocycles. The first-order valence-electron chi connectivity index (χ1n) is 7.87. The van der Waals surface area contributed by atoms with Crippen LogP contribution in [0.5, 0.6) is 0 Å². The lowest BCUT2D eigenvalue weighted by atomic mass is 9.90. The van der Waals surface area contributed by atoms with Crippen LogP contribution in [0.3, 0.4) is 0 Å². The number of hydroxylamine groups is 2. The van der Waals surface area contributed by atoms with Gasteiger partial charge in [0, 0.05) is 19.6 Å². The summed E-state index contributed by atoms with van der Waals surface area (Å²) < 4.78 is 0. The second-order valence-electron chi connectivity index (χ2n) is 6.80. The molecular weight excluding hydrogens is 278 g/mol. The van der Waals surface area contributed by atoms with Gasteiger partial charge in [0.05, 0.1) is 24.6 Å². The van der Waals surface area contributed by atoms with Crippen molar-refractivity contribution in [3.63, 3.8) is 0 Å². The van der Waals surface area contributed by atoms with Crippen LogP contribution in [0.25, 0.3) is 0 Å². The Kier molecular flexibility index (Phi) is 3.17. The maximum atomic E-state index is 12.0. The van der Waals surface area contributed by atoms with Gasteiger partial charge < -0.3 is 0 Å². The van der Waals surface area contributed by atoms with Crippen LogP contribution < -0.4 is 0 Å². The van der Waals surface area contributed by atoms with Gasteiger partial charge in [-0.25, -0.2) is 5.06 Å². The number of benzene rings is 1. The molecule has 0 unspecified atom stereocenters. The highest BCUT2D eigenvalue weighted by Crippen LogP contribution is 2.39. The third-order valence-electron chi connectivity index (χ3n) is 4.69. The average molecular weight is 297 g/mol. The van der Waals surface area contributed by atoms with Crippen LogP contribution in [0.4, 0.5) is 0 Å². The summed E-state index contributed by atoms with van der Waals surface area (Å²) >= 11 is 0. The number of hydrogen-bond donors (Lipinski definition) is 0. The molecule has 0 bridgehead atoms. The van der Waals surface area contributed by atoms with E-state index in [1.807, 2.05) is 24.3 Å². The Hall–Kier alpha value is -1.90. The van der Waals surface area contributed by atoms with Crippen molar-refractivity contribution in [1.29, 1.82) is 5.26 Å². The standard InChI is InChI=1S/C17H19N3O2/c18-8-13-1-3-14(4-2-13)9-19-11-17(12-19)7-16(21)20(22-17)10-15-5-6-15/h1-4,15H,5-7,9-12H2. The first-order chi connectivity index (χ1) is 10.7. The molecule has 1 spiro atoms. The molecule has 5 heteroatoms. The third-order valence-corrected chi connectivity index (χ3v) is 4.69. The molecule has 3 aliphatic rings. The Morgan fingerprint density at radius 3 is 2.64 bits per heavy atom.